The lowest BCUT2D eigenvalue weighted by atomic mass is 9.93. The van der Waals surface area contributed by atoms with E-state index in [1.807, 2.05) is 36.4 Å². The summed E-state index contributed by atoms with van der Waals surface area (Å²) >= 11 is 0. The Morgan fingerprint density at radius 1 is 0.941 bits per heavy atom. The quantitative estimate of drug-likeness (QED) is 0.583. The van der Waals surface area contributed by atoms with Crippen LogP contribution >= 0.6 is 0 Å². The molecule has 3 rings (SSSR count). The van der Waals surface area contributed by atoms with Crippen molar-refractivity contribution >= 4 is 5.71 Å². The van der Waals surface area contributed by atoms with Gasteiger partial charge in [0.05, 0.1) is 5.71 Å². The molecule has 84 valence electrons. The zero-order valence-electron chi connectivity index (χ0n) is 9.38. The molecule has 17 heavy (non-hydrogen) atoms. The minimum Gasteiger partial charge on any atom is -0.411 e. The van der Waals surface area contributed by atoms with E-state index in [1.165, 1.54) is 11.1 Å². The number of oxime groups is 1. The molecule has 0 fully saturated rings. The van der Waals surface area contributed by atoms with E-state index in [4.69, 9.17) is 5.21 Å². The largest absolute Gasteiger partial charge is 0.411 e. The first kappa shape index (κ1) is 10.1. The molecule has 1 atom stereocenters. The first-order valence-corrected chi connectivity index (χ1v) is 5.75. The van der Waals surface area contributed by atoms with Crippen LogP contribution in [-0.4, -0.2) is 10.9 Å². The lowest BCUT2D eigenvalue weighted by molar-refractivity contribution is 0.318. The second-order valence-electron chi connectivity index (χ2n) is 4.30. The highest BCUT2D eigenvalue weighted by atomic mass is 16.4. The molecule has 1 N–H and O–H groups in total. The monoisotopic (exact) mass is 223 g/mol. The smallest absolute Gasteiger partial charge is 0.0880 e. The van der Waals surface area contributed by atoms with Crippen molar-refractivity contribution in [2.45, 2.75) is 12.3 Å². The highest BCUT2D eigenvalue weighted by molar-refractivity contribution is 6.05. The highest BCUT2D eigenvalue weighted by Gasteiger charge is 2.28. The number of hydrogen-bond acceptors (Lipinski definition) is 2. The van der Waals surface area contributed by atoms with Gasteiger partial charge in [-0.25, -0.2) is 0 Å². The maximum absolute atomic E-state index is 9.07. The molecule has 0 saturated heterocycles. The van der Waals surface area contributed by atoms with Gasteiger partial charge < -0.3 is 5.21 Å². The number of benzene rings is 2. The lowest BCUT2D eigenvalue weighted by Crippen LogP contribution is -1.96. The Morgan fingerprint density at radius 2 is 1.65 bits per heavy atom. The van der Waals surface area contributed by atoms with Gasteiger partial charge in [0.15, 0.2) is 0 Å². The molecular formula is C15H13NO. The second kappa shape index (κ2) is 4.06. The van der Waals surface area contributed by atoms with Crippen LogP contribution in [0.5, 0.6) is 0 Å². The second-order valence-corrected chi connectivity index (χ2v) is 4.30. The van der Waals surface area contributed by atoms with Gasteiger partial charge in [-0.3, -0.25) is 0 Å². The van der Waals surface area contributed by atoms with E-state index in [0.29, 0.717) is 5.92 Å². The van der Waals surface area contributed by atoms with Crippen molar-refractivity contribution in [2.24, 2.45) is 5.16 Å². The summed E-state index contributed by atoms with van der Waals surface area (Å²) in [5.41, 5.74) is 4.39. The van der Waals surface area contributed by atoms with Gasteiger partial charge in [0.2, 0.25) is 0 Å². The van der Waals surface area contributed by atoms with Crippen molar-refractivity contribution in [1.29, 1.82) is 0 Å². The third kappa shape index (κ3) is 1.62. The van der Waals surface area contributed by atoms with Gasteiger partial charge in [0.25, 0.3) is 0 Å². The Morgan fingerprint density at radius 3 is 2.41 bits per heavy atom. The Bertz CT molecular complexity index is 560. The highest BCUT2D eigenvalue weighted by Crippen LogP contribution is 2.37. The van der Waals surface area contributed by atoms with Gasteiger partial charge in [-0.2, -0.15) is 0 Å². The summed E-state index contributed by atoms with van der Waals surface area (Å²) < 4.78 is 0. The van der Waals surface area contributed by atoms with Crippen LogP contribution < -0.4 is 0 Å². The minimum atomic E-state index is 0.318. The molecule has 1 aliphatic rings. The van der Waals surface area contributed by atoms with Gasteiger partial charge >= 0.3 is 0 Å². The van der Waals surface area contributed by atoms with E-state index in [2.05, 4.69) is 23.4 Å². The first-order chi connectivity index (χ1) is 8.40. The van der Waals surface area contributed by atoms with Crippen molar-refractivity contribution in [2.75, 3.05) is 0 Å². The van der Waals surface area contributed by atoms with Crippen molar-refractivity contribution in [3.63, 3.8) is 0 Å². The van der Waals surface area contributed by atoms with Crippen molar-refractivity contribution in [3.8, 4) is 0 Å². The van der Waals surface area contributed by atoms with Crippen molar-refractivity contribution in [3.05, 3.63) is 71.3 Å². The Kier molecular flexibility index (Phi) is 2.41. The van der Waals surface area contributed by atoms with Crippen LogP contribution in [0, 0.1) is 0 Å². The molecule has 0 bridgehead atoms. The van der Waals surface area contributed by atoms with E-state index in [-0.39, 0.29) is 0 Å². The van der Waals surface area contributed by atoms with E-state index in [0.717, 1.165) is 17.7 Å². The molecule has 2 aromatic carbocycles. The maximum Gasteiger partial charge on any atom is 0.0880 e. The predicted molar refractivity (Wildman–Crippen MR) is 67.7 cm³/mol. The van der Waals surface area contributed by atoms with Crippen LogP contribution in [0.3, 0.4) is 0 Å². The summed E-state index contributed by atoms with van der Waals surface area (Å²) in [4.78, 5) is 0. The van der Waals surface area contributed by atoms with Gasteiger partial charge in [-0.15, -0.1) is 0 Å². The summed E-state index contributed by atoms with van der Waals surface area (Å²) in [6.07, 6.45) is 0.778. The Labute approximate surface area is 100 Å². The molecule has 0 aromatic heterocycles. The fourth-order valence-corrected chi connectivity index (χ4v) is 2.55. The number of fused-ring (bicyclic) bond motifs is 1. The average molecular weight is 223 g/mol. The third-order valence-electron chi connectivity index (χ3n) is 3.37. The molecule has 0 heterocycles. The molecule has 2 aromatic rings. The maximum atomic E-state index is 9.07. The number of rotatable bonds is 1. The van der Waals surface area contributed by atoms with Crippen LogP contribution in [0.1, 0.15) is 29.0 Å². The normalized spacial score (nSPS) is 20.5. The lowest BCUT2D eigenvalue weighted by Gasteiger charge is -2.10. The number of nitrogens with zero attached hydrogens (tertiary/aromatic N) is 1. The summed E-state index contributed by atoms with van der Waals surface area (Å²) in [5, 5.41) is 12.5. The molecule has 0 radical (unpaired) electrons. The van der Waals surface area contributed by atoms with Crippen LogP contribution in [0.2, 0.25) is 0 Å². The van der Waals surface area contributed by atoms with E-state index < -0.39 is 0 Å². The van der Waals surface area contributed by atoms with Gasteiger partial charge in [-0.1, -0.05) is 59.8 Å². The van der Waals surface area contributed by atoms with Gasteiger partial charge in [-0.05, 0) is 11.1 Å². The fraction of sp³-hybridized carbons (Fsp3) is 0.133. The van der Waals surface area contributed by atoms with Crippen LogP contribution in [-0.2, 0) is 0 Å². The zero-order chi connectivity index (χ0) is 11.7. The SMILES string of the molecule is O/N=C1\CC(c2ccccc2)c2ccccc21. The van der Waals surface area contributed by atoms with Crippen LogP contribution in [0.15, 0.2) is 59.8 Å². The molecule has 0 spiro atoms. The molecular weight excluding hydrogens is 210 g/mol. The van der Waals surface area contributed by atoms with E-state index >= 15 is 0 Å². The third-order valence-corrected chi connectivity index (χ3v) is 3.37. The van der Waals surface area contributed by atoms with Gasteiger partial charge in [0.1, 0.15) is 0 Å². The summed E-state index contributed by atoms with van der Waals surface area (Å²) in [6, 6.07) is 18.5. The molecule has 0 amide bonds. The summed E-state index contributed by atoms with van der Waals surface area (Å²) in [7, 11) is 0. The standard InChI is InChI=1S/C15H13NO/c17-16-15-10-14(11-6-2-1-3-7-11)12-8-4-5-9-13(12)15/h1-9,14,17H,10H2/b16-15+. The molecule has 1 aliphatic carbocycles. The Hall–Kier alpha value is -2.09. The van der Waals surface area contributed by atoms with E-state index in [1.54, 1.807) is 0 Å². The fourth-order valence-electron chi connectivity index (χ4n) is 2.55. The zero-order valence-corrected chi connectivity index (χ0v) is 9.38. The Balaban J connectivity index is 2.11. The average Bonchev–Trinajstić information content (AvgIpc) is 2.78. The van der Waals surface area contributed by atoms with E-state index in [9.17, 15) is 0 Å². The molecule has 1 unspecified atom stereocenters. The molecule has 0 aliphatic heterocycles. The van der Waals surface area contributed by atoms with Crippen molar-refractivity contribution in [1.82, 2.24) is 0 Å². The van der Waals surface area contributed by atoms with Crippen LogP contribution in [0.4, 0.5) is 0 Å². The minimum absolute atomic E-state index is 0.318. The predicted octanol–water partition coefficient (Wildman–Crippen LogP) is 3.40. The molecule has 2 heteroatoms. The van der Waals surface area contributed by atoms with Gasteiger partial charge in [0, 0.05) is 17.9 Å². The number of hydrogen-bond donors (Lipinski definition) is 1. The topological polar surface area (TPSA) is 32.6 Å². The first-order valence-electron chi connectivity index (χ1n) is 5.75. The van der Waals surface area contributed by atoms with Crippen molar-refractivity contribution < 1.29 is 5.21 Å². The molecule has 2 nitrogen and oxygen atoms in total. The summed E-state index contributed by atoms with van der Waals surface area (Å²) in [6.45, 7) is 0. The molecule has 0 saturated carbocycles. The summed E-state index contributed by atoms with van der Waals surface area (Å²) in [5.74, 6) is 0.318. The van der Waals surface area contributed by atoms with Crippen LogP contribution in [0.25, 0.3) is 0 Å².